The maximum Gasteiger partial charge on any atom is 0.138 e. The molecule has 0 N–H and O–H groups in total. The van der Waals surface area contributed by atoms with E-state index in [2.05, 4.69) is 15.2 Å². The van der Waals surface area contributed by atoms with E-state index in [1.165, 1.54) is 12.1 Å². The van der Waals surface area contributed by atoms with Crippen LogP contribution >= 0.6 is 0 Å². The fourth-order valence-electron chi connectivity index (χ4n) is 1.47. The Bertz CT molecular complexity index is 450. The third-order valence-electron chi connectivity index (χ3n) is 2.26. The number of halogens is 1. The number of hydrogen-bond donors (Lipinski definition) is 0. The fourth-order valence-corrected chi connectivity index (χ4v) is 1.47. The van der Waals surface area contributed by atoms with Gasteiger partial charge in [0, 0.05) is 11.3 Å². The van der Waals surface area contributed by atoms with E-state index in [0.717, 1.165) is 11.3 Å². The van der Waals surface area contributed by atoms with Crippen LogP contribution in [0.4, 0.5) is 4.39 Å². The minimum atomic E-state index is -0.283. The van der Waals surface area contributed by atoms with Crippen molar-refractivity contribution in [2.45, 2.75) is 12.5 Å². The van der Waals surface area contributed by atoms with Gasteiger partial charge in [-0.1, -0.05) is 22.4 Å². The molecule has 2 rings (SSSR count). The van der Waals surface area contributed by atoms with Crippen molar-refractivity contribution in [1.82, 2.24) is 0 Å². The van der Waals surface area contributed by atoms with Gasteiger partial charge in [-0.05, 0) is 23.2 Å². The highest BCUT2D eigenvalue weighted by molar-refractivity contribution is 6.01. The summed E-state index contributed by atoms with van der Waals surface area (Å²) in [5.41, 5.74) is 9.74. The number of nitrogens with zero attached hydrogens (tertiary/aromatic N) is 4. The molecule has 0 bridgehead atoms. The van der Waals surface area contributed by atoms with Crippen molar-refractivity contribution >= 4 is 5.71 Å². The molecule has 0 aliphatic carbocycles. The van der Waals surface area contributed by atoms with E-state index in [0.29, 0.717) is 6.42 Å². The first-order valence-corrected chi connectivity index (χ1v) is 4.79. The molecule has 16 heavy (non-hydrogen) atoms. The van der Waals surface area contributed by atoms with Crippen molar-refractivity contribution in [3.8, 4) is 0 Å². The predicted molar refractivity (Wildman–Crippen MR) is 56.4 cm³/mol. The largest absolute Gasteiger partial charge is 0.392 e. The average molecular weight is 220 g/mol. The number of benzene rings is 1. The molecule has 1 aromatic rings. The fraction of sp³-hybridized carbons (Fsp3) is 0.300. The Hall–Kier alpha value is -2.07. The second-order valence-electron chi connectivity index (χ2n) is 3.39. The van der Waals surface area contributed by atoms with E-state index in [1.807, 2.05) is 0 Å². The zero-order chi connectivity index (χ0) is 11.4. The number of hydrogen-bond acceptors (Lipinski definition) is 3. The maximum absolute atomic E-state index is 12.7. The normalized spacial score (nSPS) is 18.6. The van der Waals surface area contributed by atoms with Gasteiger partial charge >= 0.3 is 0 Å². The van der Waals surface area contributed by atoms with Gasteiger partial charge in [0.1, 0.15) is 11.9 Å². The smallest absolute Gasteiger partial charge is 0.138 e. The van der Waals surface area contributed by atoms with E-state index in [-0.39, 0.29) is 18.5 Å². The van der Waals surface area contributed by atoms with Gasteiger partial charge in [0.05, 0.1) is 12.3 Å². The lowest BCUT2D eigenvalue weighted by Gasteiger charge is -2.02. The van der Waals surface area contributed by atoms with Crippen LogP contribution in [0.3, 0.4) is 0 Å². The van der Waals surface area contributed by atoms with Crippen LogP contribution in [-0.4, -0.2) is 18.4 Å². The first-order chi connectivity index (χ1) is 7.79. The standard InChI is InChI=1S/C10H9FN4O/c11-8-3-1-7(2-4-8)10-5-9(16-14-10)6-13-15-12/h1-4,9H,5-6H2. The van der Waals surface area contributed by atoms with E-state index >= 15 is 0 Å². The molecule has 1 heterocycles. The molecule has 1 unspecified atom stereocenters. The number of rotatable bonds is 3. The molecular formula is C10H9FN4O. The van der Waals surface area contributed by atoms with Crippen LogP contribution in [0.15, 0.2) is 34.5 Å². The quantitative estimate of drug-likeness (QED) is 0.438. The molecular weight excluding hydrogens is 211 g/mol. The molecule has 0 radical (unpaired) electrons. The lowest BCUT2D eigenvalue weighted by molar-refractivity contribution is 0.0919. The van der Waals surface area contributed by atoms with Gasteiger partial charge < -0.3 is 4.84 Å². The summed E-state index contributed by atoms with van der Waals surface area (Å²) in [5, 5.41) is 7.30. The summed E-state index contributed by atoms with van der Waals surface area (Å²) >= 11 is 0. The summed E-state index contributed by atoms with van der Waals surface area (Å²) in [6.07, 6.45) is 0.362. The molecule has 0 saturated carbocycles. The summed E-state index contributed by atoms with van der Waals surface area (Å²) in [5.74, 6) is -0.283. The van der Waals surface area contributed by atoms with Gasteiger partial charge in [-0.3, -0.25) is 0 Å². The highest BCUT2D eigenvalue weighted by Gasteiger charge is 2.21. The molecule has 0 aromatic heterocycles. The predicted octanol–water partition coefficient (Wildman–Crippen LogP) is 2.63. The summed E-state index contributed by atoms with van der Waals surface area (Å²) in [6.45, 7) is 0.255. The Labute approximate surface area is 91.1 Å². The lowest BCUT2D eigenvalue weighted by atomic mass is 10.1. The minimum Gasteiger partial charge on any atom is -0.392 e. The summed E-state index contributed by atoms with van der Waals surface area (Å²) in [4.78, 5) is 7.73. The highest BCUT2D eigenvalue weighted by atomic mass is 19.1. The van der Waals surface area contributed by atoms with E-state index in [1.54, 1.807) is 12.1 Å². The van der Waals surface area contributed by atoms with Gasteiger partial charge in [-0.15, -0.1) is 0 Å². The van der Waals surface area contributed by atoms with Gasteiger partial charge in [-0.2, -0.15) is 0 Å². The minimum absolute atomic E-state index is 0.212. The second kappa shape index (κ2) is 4.63. The van der Waals surface area contributed by atoms with Crippen LogP contribution in [0.5, 0.6) is 0 Å². The number of oxime groups is 1. The maximum atomic E-state index is 12.7. The van der Waals surface area contributed by atoms with Gasteiger partial charge in [0.15, 0.2) is 0 Å². The van der Waals surface area contributed by atoms with Crippen LogP contribution in [-0.2, 0) is 4.84 Å². The van der Waals surface area contributed by atoms with Crippen LogP contribution in [0.1, 0.15) is 12.0 Å². The Morgan fingerprint density at radius 3 is 2.94 bits per heavy atom. The van der Waals surface area contributed by atoms with Crippen LogP contribution in [0.25, 0.3) is 10.4 Å². The molecule has 0 amide bonds. The molecule has 0 spiro atoms. The Morgan fingerprint density at radius 2 is 2.25 bits per heavy atom. The summed E-state index contributed by atoms with van der Waals surface area (Å²) in [7, 11) is 0. The van der Waals surface area contributed by atoms with E-state index in [9.17, 15) is 4.39 Å². The van der Waals surface area contributed by atoms with E-state index in [4.69, 9.17) is 10.4 Å². The molecule has 82 valence electrons. The monoisotopic (exact) mass is 220 g/mol. The van der Waals surface area contributed by atoms with Crippen molar-refractivity contribution in [3.63, 3.8) is 0 Å². The average Bonchev–Trinajstić information content (AvgIpc) is 2.76. The Balaban J connectivity index is 2.02. The molecule has 0 fully saturated rings. The molecule has 1 aliphatic heterocycles. The molecule has 1 aromatic carbocycles. The molecule has 1 atom stereocenters. The Kier molecular flexibility index (Phi) is 3.03. The Morgan fingerprint density at radius 1 is 1.50 bits per heavy atom. The van der Waals surface area contributed by atoms with Crippen molar-refractivity contribution < 1.29 is 9.23 Å². The molecule has 6 heteroatoms. The lowest BCUT2D eigenvalue weighted by Crippen LogP contribution is -2.11. The second-order valence-corrected chi connectivity index (χ2v) is 3.39. The first kappa shape index (κ1) is 10.4. The SMILES string of the molecule is [N-]=[N+]=NCC1CC(c2ccc(F)cc2)=NO1. The van der Waals surface area contributed by atoms with Crippen LogP contribution < -0.4 is 0 Å². The molecule has 5 nitrogen and oxygen atoms in total. The van der Waals surface area contributed by atoms with Crippen molar-refractivity contribution in [3.05, 3.63) is 46.1 Å². The van der Waals surface area contributed by atoms with Gasteiger partial charge in [0.25, 0.3) is 0 Å². The third kappa shape index (κ3) is 2.29. The molecule has 1 aliphatic rings. The van der Waals surface area contributed by atoms with Crippen molar-refractivity contribution in [2.24, 2.45) is 10.3 Å². The zero-order valence-electron chi connectivity index (χ0n) is 8.38. The zero-order valence-corrected chi connectivity index (χ0v) is 8.38. The highest BCUT2D eigenvalue weighted by Crippen LogP contribution is 2.17. The topological polar surface area (TPSA) is 70.4 Å². The van der Waals surface area contributed by atoms with Gasteiger partial charge in [-0.25, -0.2) is 4.39 Å². The molecule has 0 saturated heterocycles. The van der Waals surface area contributed by atoms with Crippen molar-refractivity contribution in [2.75, 3.05) is 6.54 Å². The number of azide groups is 1. The van der Waals surface area contributed by atoms with Crippen LogP contribution in [0.2, 0.25) is 0 Å². The summed E-state index contributed by atoms with van der Waals surface area (Å²) in [6, 6.07) is 6.04. The third-order valence-corrected chi connectivity index (χ3v) is 2.26. The first-order valence-electron chi connectivity index (χ1n) is 4.79. The van der Waals surface area contributed by atoms with Crippen LogP contribution in [0, 0.1) is 5.82 Å². The van der Waals surface area contributed by atoms with Gasteiger partial charge in [0.2, 0.25) is 0 Å². The summed E-state index contributed by atoms with van der Waals surface area (Å²) < 4.78 is 12.7. The van der Waals surface area contributed by atoms with Crippen molar-refractivity contribution in [1.29, 1.82) is 0 Å². The van der Waals surface area contributed by atoms with E-state index < -0.39 is 0 Å².